The van der Waals surface area contributed by atoms with Gasteiger partial charge in [-0.3, -0.25) is 4.98 Å². The van der Waals surface area contributed by atoms with Crippen molar-refractivity contribution in [2.75, 3.05) is 6.61 Å². The highest BCUT2D eigenvalue weighted by Gasteiger charge is 2.02. The van der Waals surface area contributed by atoms with Crippen LogP contribution in [0.25, 0.3) is 0 Å². The van der Waals surface area contributed by atoms with Crippen LogP contribution < -0.4 is 4.74 Å². The molecule has 0 N–H and O–H groups in total. The van der Waals surface area contributed by atoms with Crippen LogP contribution in [0.4, 0.5) is 0 Å². The average Bonchev–Trinajstić information content (AvgIpc) is 2.44. The highest BCUT2D eigenvalue weighted by Crippen LogP contribution is 2.07. The fourth-order valence-corrected chi connectivity index (χ4v) is 1.65. The van der Waals surface area contributed by atoms with Gasteiger partial charge < -0.3 is 4.74 Å². The molecule has 0 atom stereocenters. The summed E-state index contributed by atoms with van der Waals surface area (Å²) in [5.74, 6) is 0. The maximum absolute atomic E-state index is 8.80. The zero-order chi connectivity index (χ0) is 13.5. The molecule has 0 spiro atoms. The van der Waals surface area contributed by atoms with Crippen molar-refractivity contribution in [3.8, 4) is 12.1 Å². The molecular formula is C14H14N4O. The van der Waals surface area contributed by atoms with E-state index in [-0.39, 0.29) is 6.01 Å². The van der Waals surface area contributed by atoms with Crippen molar-refractivity contribution < 1.29 is 4.74 Å². The molecule has 0 aliphatic heterocycles. The Balaban J connectivity index is 1.83. The van der Waals surface area contributed by atoms with Crippen molar-refractivity contribution >= 4 is 0 Å². The first-order chi connectivity index (χ1) is 9.28. The van der Waals surface area contributed by atoms with E-state index in [2.05, 4.69) is 15.0 Å². The molecule has 2 aromatic heterocycles. The zero-order valence-corrected chi connectivity index (χ0v) is 10.7. The standard InChI is InChI=1S/C14H14N4O/c1-11-9-13(10-15)18-14(17-11)19-8-2-3-12-4-6-16-7-5-12/h4-7,9H,2-3,8H2,1H3. The number of rotatable bonds is 5. The maximum Gasteiger partial charge on any atom is 0.317 e. The van der Waals surface area contributed by atoms with Crippen LogP contribution in [0.3, 0.4) is 0 Å². The third kappa shape index (κ3) is 4.03. The Morgan fingerprint density at radius 1 is 1.26 bits per heavy atom. The highest BCUT2D eigenvalue weighted by molar-refractivity contribution is 5.23. The van der Waals surface area contributed by atoms with Crippen LogP contribution in [0.15, 0.2) is 30.6 Å². The predicted molar refractivity (Wildman–Crippen MR) is 69.5 cm³/mol. The first-order valence-corrected chi connectivity index (χ1v) is 6.05. The van der Waals surface area contributed by atoms with E-state index >= 15 is 0 Å². The van der Waals surface area contributed by atoms with Gasteiger partial charge in [0.25, 0.3) is 0 Å². The van der Waals surface area contributed by atoms with E-state index in [1.165, 1.54) is 5.56 Å². The lowest BCUT2D eigenvalue weighted by Gasteiger charge is -2.05. The molecule has 0 saturated heterocycles. The summed E-state index contributed by atoms with van der Waals surface area (Å²) in [6.07, 6.45) is 5.33. The summed E-state index contributed by atoms with van der Waals surface area (Å²) in [4.78, 5) is 12.1. The summed E-state index contributed by atoms with van der Waals surface area (Å²) in [6.45, 7) is 2.34. The van der Waals surface area contributed by atoms with Gasteiger partial charge in [0.1, 0.15) is 11.8 Å². The summed E-state index contributed by atoms with van der Waals surface area (Å²) >= 11 is 0. The molecule has 0 fully saturated rings. The Bertz CT molecular complexity index is 578. The number of aryl methyl sites for hydroxylation is 2. The van der Waals surface area contributed by atoms with Gasteiger partial charge in [0.15, 0.2) is 0 Å². The van der Waals surface area contributed by atoms with Crippen LogP contribution in [0.1, 0.15) is 23.4 Å². The van der Waals surface area contributed by atoms with Gasteiger partial charge in [0, 0.05) is 18.1 Å². The second kappa shape index (κ2) is 6.45. The molecule has 0 aromatic carbocycles. The quantitative estimate of drug-likeness (QED) is 0.764. The van der Waals surface area contributed by atoms with Gasteiger partial charge in [-0.25, -0.2) is 4.98 Å². The fourth-order valence-electron chi connectivity index (χ4n) is 1.65. The van der Waals surface area contributed by atoms with Crippen molar-refractivity contribution in [2.24, 2.45) is 0 Å². The minimum atomic E-state index is 0.270. The lowest BCUT2D eigenvalue weighted by molar-refractivity contribution is 0.285. The number of nitrogens with zero attached hydrogens (tertiary/aromatic N) is 4. The van der Waals surface area contributed by atoms with E-state index in [0.29, 0.717) is 12.3 Å². The molecule has 0 unspecified atom stereocenters. The molecule has 2 aromatic rings. The Hall–Kier alpha value is -2.48. The van der Waals surface area contributed by atoms with Crippen LogP contribution in [0.2, 0.25) is 0 Å². The molecular weight excluding hydrogens is 240 g/mol. The number of ether oxygens (including phenoxy) is 1. The number of pyridine rings is 1. The summed E-state index contributed by atoms with van der Waals surface area (Å²) < 4.78 is 5.46. The summed E-state index contributed by atoms with van der Waals surface area (Å²) in [6, 6.07) is 7.85. The molecule has 2 heterocycles. The number of nitriles is 1. The van der Waals surface area contributed by atoms with Gasteiger partial charge in [-0.15, -0.1) is 0 Å². The van der Waals surface area contributed by atoms with Crippen molar-refractivity contribution in [2.45, 2.75) is 19.8 Å². The van der Waals surface area contributed by atoms with Gasteiger partial charge >= 0.3 is 6.01 Å². The van der Waals surface area contributed by atoms with E-state index in [0.717, 1.165) is 18.5 Å². The minimum Gasteiger partial charge on any atom is -0.463 e. The van der Waals surface area contributed by atoms with E-state index in [1.807, 2.05) is 25.1 Å². The molecule has 0 amide bonds. The monoisotopic (exact) mass is 254 g/mol. The normalized spacial score (nSPS) is 9.89. The van der Waals surface area contributed by atoms with Gasteiger partial charge in [-0.2, -0.15) is 10.2 Å². The summed E-state index contributed by atoms with van der Waals surface area (Å²) in [5.41, 5.74) is 2.29. The third-order valence-electron chi connectivity index (χ3n) is 2.54. The van der Waals surface area contributed by atoms with Gasteiger partial charge in [-0.1, -0.05) is 0 Å². The van der Waals surface area contributed by atoms with E-state index in [4.69, 9.17) is 10.00 Å². The first kappa shape index (κ1) is 13.0. The molecule has 19 heavy (non-hydrogen) atoms. The van der Waals surface area contributed by atoms with Crippen molar-refractivity contribution in [3.63, 3.8) is 0 Å². The van der Waals surface area contributed by atoms with Crippen molar-refractivity contribution in [1.82, 2.24) is 15.0 Å². The predicted octanol–water partition coefficient (Wildman–Crippen LogP) is 2.06. The Kier molecular flexibility index (Phi) is 4.40. The van der Waals surface area contributed by atoms with Gasteiger partial charge in [0.05, 0.1) is 6.61 Å². The maximum atomic E-state index is 8.80. The molecule has 0 aliphatic carbocycles. The highest BCUT2D eigenvalue weighted by atomic mass is 16.5. The second-order valence-corrected chi connectivity index (χ2v) is 4.10. The number of aromatic nitrogens is 3. The summed E-state index contributed by atoms with van der Waals surface area (Å²) in [5, 5.41) is 8.80. The molecule has 96 valence electrons. The lowest BCUT2D eigenvalue weighted by Crippen LogP contribution is -2.04. The molecule has 0 aliphatic rings. The van der Waals surface area contributed by atoms with Crippen molar-refractivity contribution in [1.29, 1.82) is 5.26 Å². The number of hydrogen-bond acceptors (Lipinski definition) is 5. The molecule has 5 heteroatoms. The van der Waals surface area contributed by atoms with E-state index < -0.39 is 0 Å². The Morgan fingerprint density at radius 3 is 2.79 bits per heavy atom. The number of hydrogen-bond donors (Lipinski definition) is 0. The minimum absolute atomic E-state index is 0.270. The van der Waals surface area contributed by atoms with Crippen LogP contribution in [-0.4, -0.2) is 21.6 Å². The topological polar surface area (TPSA) is 71.7 Å². The summed E-state index contributed by atoms with van der Waals surface area (Å²) in [7, 11) is 0. The smallest absolute Gasteiger partial charge is 0.317 e. The molecule has 5 nitrogen and oxygen atoms in total. The van der Waals surface area contributed by atoms with Crippen LogP contribution in [0.5, 0.6) is 6.01 Å². The van der Waals surface area contributed by atoms with Crippen LogP contribution in [-0.2, 0) is 6.42 Å². The van der Waals surface area contributed by atoms with E-state index in [9.17, 15) is 0 Å². The van der Waals surface area contributed by atoms with Crippen molar-refractivity contribution in [3.05, 3.63) is 47.5 Å². The third-order valence-corrected chi connectivity index (χ3v) is 2.54. The average molecular weight is 254 g/mol. The van der Waals surface area contributed by atoms with Crippen LogP contribution >= 0.6 is 0 Å². The van der Waals surface area contributed by atoms with E-state index in [1.54, 1.807) is 18.5 Å². The fraction of sp³-hybridized carbons (Fsp3) is 0.286. The SMILES string of the molecule is Cc1cc(C#N)nc(OCCCc2ccncc2)n1. The molecule has 2 rings (SSSR count). The lowest BCUT2D eigenvalue weighted by atomic mass is 10.1. The first-order valence-electron chi connectivity index (χ1n) is 6.05. The van der Waals surface area contributed by atoms with Gasteiger partial charge in [-0.05, 0) is 43.5 Å². The second-order valence-electron chi connectivity index (χ2n) is 4.10. The molecule has 0 radical (unpaired) electrons. The Morgan fingerprint density at radius 2 is 2.05 bits per heavy atom. The van der Waals surface area contributed by atoms with Gasteiger partial charge in [0.2, 0.25) is 0 Å². The largest absolute Gasteiger partial charge is 0.463 e. The Labute approximate surface area is 111 Å². The zero-order valence-electron chi connectivity index (χ0n) is 10.7. The van der Waals surface area contributed by atoms with Crippen LogP contribution in [0, 0.1) is 18.3 Å². The molecule has 0 bridgehead atoms. The molecule has 0 saturated carbocycles.